The van der Waals surface area contributed by atoms with Crippen LogP contribution in [0.4, 0.5) is 21.8 Å². The summed E-state index contributed by atoms with van der Waals surface area (Å²) in [6, 6.07) is 6.37. The second kappa shape index (κ2) is 7.80. The molecule has 0 radical (unpaired) electrons. The van der Waals surface area contributed by atoms with E-state index in [0.29, 0.717) is 11.5 Å². The minimum atomic E-state index is -0.359. The van der Waals surface area contributed by atoms with Gasteiger partial charge in [-0.05, 0) is 12.1 Å². The van der Waals surface area contributed by atoms with E-state index < -0.39 is 0 Å². The maximum absolute atomic E-state index is 13.6. The third kappa shape index (κ3) is 4.57. The fourth-order valence-electron chi connectivity index (χ4n) is 2.29. The summed E-state index contributed by atoms with van der Waals surface area (Å²) in [6.07, 6.45) is 1.55. The summed E-state index contributed by atoms with van der Waals surface area (Å²) >= 11 is 0. The van der Waals surface area contributed by atoms with Crippen LogP contribution in [-0.2, 0) is 4.74 Å². The van der Waals surface area contributed by atoms with Crippen molar-refractivity contribution in [3.8, 4) is 0 Å². The van der Waals surface area contributed by atoms with Crippen LogP contribution in [0.2, 0.25) is 0 Å². The number of nitrogens with zero attached hydrogens (tertiary/aromatic N) is 4. The first kappa shape index (κ1) is 15.6. The maximum atomic E-state index is 13.6. The normalized spacial score (nSPS) is 15.3. The van der Waals surface area contributed by atoms with Crippen molar-refractivity contribution in [1.29, 1.82) is 0 Å². The van der Waals surface area contributed by atoms with Crippen LogP contribution in [0.1, 0.15) is 0 Å². The summed E-state index contributed by atoms with van der Waals surface area (Å²) in [5.74, 6) is 0.500. The molecule has 3 rings (SSSR count). The summed E-state index contributed by atoms with van der Waals surface area (Å²) in [7, 11) is 0. The number of rotatable bonds is 6. The summed E-state index contributed by atoms with van der Waals surface area (Å²) in [6.45, 7) is 5.12. The Hall–Kier alpha value is -2.32. The molecule has 1 fully saturated rings. The molecule has 1 aromatic heterocycles. The van der Waals surface area contributed by atoms with E-state index in [2.05, 4.69) is 30.7 Å². The molecule has 0 aliphatic carbocycles. The zero-order chi connectivity index (χ0) is 15.9. The highest BCUT2D eigenvalue weighted by atomic mass is 19.1. The van der Waals surface area contributed by atoms with Crippen LogP contribution in [0.3, 0.4) is 0 Å². The Morgan fingerprint density at radius 3 is 2.87 bits per heavy atom. The Morgan fingerprint density at radius 2 is 2.04 bits per heavy atom. The van der Waals surface area contributed by atoms with Gasteiger partial charge in [0.05, 0.1) is 25.1 Å². The highest BCUT2D eigenvalue weighted by molar-refractivity contribution is 5.54. The van der Waals surface area contributed by atoms with E-state index in [9.17, 15) is 4.39 Å². The van der Waals surface area contributed by atoms with Crippen molar-refractivity contribution >= 4 is 17.5 Å². The summed E-state index contributed by atoms with van der Waals surface area (Å²) < 4.78 is 18.9. The molecule has 0 bridgehead atoms. The quantitative estimate of drug-likeness (QED) is 0.836. The van der Waals surface area contributed by atoms with Gasteiger partial charge in [-0.2, -0.15) is 10.1 Å². The van der Waals surface area contributed by atoms with Gasteiger partial charge in [-0.1, -0.05) is 12.1 Å². The van der Waals surface area contributed by atoms with Crippen molar-refractivity contribution in [2.75, 3.05) is 50.0 Å². The number of hydrogen-bond donors (Lipinski definition) is 2. The van der Waals surface area contributed by atoms with Gasteiger partial charge in [0.2, 0.25) is 5.95 Å². The molecule has 2 heterocycles. The average Bonchev–Trinajstić information content (AvgIpc) is 2.58. The van der Waals surface area contributed by atoms with E-state index in [4.69, 9.17) is 4.74 Å². The van der Waals surface area contributed by atoms with E-state index in [0.717, 1.165) is 39.4 Å². The SMILES string of the molecule is Fc1ccccc1Nc1nncc(NCCN2CCOCC2)n1. The van der Waals surface area contributed by atoms with Gasteiger partial charge in [-0.3, -0.25) is 4.90 Å². The highest BCUT2D eigenvalue weighted by Crippen LogP contribution is 2.16. The summed E-state index contributed by atoms with van der Waals surface area (Å²) in [5, 5.41) is 13.8. The summed E-state index contributed by atoms with van der Waals surface area (Å²) in [4.78, 5) is 6.61. The molecule has 0 unspecified atom stereocenters. The second-order valence-corrected chi connectivity index (χ2v) is 5.15. The first-order chi connectivity index (χ1) is 11.3. The molecule has 2 aromatic rings. The Balaban J connectivity index is 1.53. The average molecular weight is 318 g/mol. The smallest absolute Gasteiger partial charge is 0.249 e. The van der Waals surface area contributed by atoms with Crippen molar-refractivity contribution in [2.45, 2.75) is 0 Å². The summed E-state index contributed by atoms with van der Waals surface area (Å²) in [5.41, 5.74) is 0.319. The fraction of sp³-hybridized carbons (Fsp3) is 0.400. The molecular formula is C15H19FN6O. The number of halogens is 1. The van der Waals surface area contributed by atoms with Gasteiger partial charge < -0.3 is 15.4 Å². The van der Waals surface area contributed by atoms with Crippen LogP contribution < -0.4 is 10.6 Å². The molecule has 1 aromatic carbocycles. The Morgan fingerprint density at radius 1 is 1.22 bits per heavy atom. The second-order valence-electron chi connectivity index (χ2n) is 5.15. The lowest BCUT2D eigenvalue weighted by Crippen LogP contribution is -2.39. The number of morpholine rings is 1. The minimum Gasteiger partial charge on any atom is -0.379 e. The van der Waals surface area contributed by atoms with Gasteiger partial charge >= 0.3 is 0 Å². The van der Waals surface area contributed by atoms with Crippen LogP contribution in [0, 0.1) is 5.82 Å². The minimum absolute atomic E-state index is 0.256. The van der Waals surface area contributed by atoms with Crippen molar-refractivity contribution in [1.82, 2.24) is 20.1 Å². The molecule has 8 heteroatoms. The third-order valence-corrected chi connectivity index (χ3v) is 3.52. The van der Waals surface area contributed by atoms with E-state index in [1.807, 2.05) is 0 Å². The highest BCUT2D eigenvalue weighted by Gasteiger charge is 2.10. The molecule has 0 amide bonds. The molecule has 0 spiro atoms. The Labute approximate surface area is 133 Å². The van der Waals surface area contributed by atoms with Gasteiger partial charge in [-0.15, -0.1) is 5.10 Å². The lowest BCUT2D eigenvalue weighted by Gasteiger charge is -2.26. The fourth-order valence-corrected chi connectivity index (χ4v) is 2.29. The van der Waals surface area contributed by atoms with Gasteiger partial charge in [-0.25, -0.2) is 4.39 Å². The largest absolute Gasteiger partial charge is 0.379 e. The van der Waals surface area contributed by atoms with Gasteiger partial charge in [0, 0.05) is 26.2 Å². The number of para-hydroxylation sites is 1. The molecule has 1 aliphatic heterocycles. The van der Waals surface area contributed by atoms with Crippen LogP contribution >= 0.6 is 0 Å². The molecule has 7 nitrogen and oxygen atoms in total. The number of nitrogens with one attached hydrogen (secondary N) is 2. The number of aromatic nitrogens is 3. The van der Waals surface area contributed by atoms with Crippen molar-refractivity contribution in [2.24, 2.45) is 0 Å². The zero-order valence-corrected chi connectivity index (χ0v) is 12.7. The number of ether oxygens (including phenoxy) is 1. The predicted molar refractivity (Wildman–Crippen MR) is 85.3 cm³/mol. The monoisotopic (exact) mass is 318 g/mol. The van der Waals surface area contributed by atoms with Gasteiger partial charge in [0.15, 0.2) is 5.82 Å². The van der Waals surface area contributed by atoms with Crippen molar-refractivity contribution in [3.63, 3.8) is 0 Å². The van der Waals surface area contributed by atoms with Crippen molar-refractivity contribution < 1.29 is 9.13 Å². The van der Waals surface area contributed by atoms with Crippen LogP contribution in [0.15, 0.2) is 30.5 Å². The molecule has 1 saturated heterocycles. The van der Waals surface area contributed by atoms with E-state index in [1.54, 1.807) is 24.4 Å². The van der Waals surface area contributed by atoms with Gasteiger partial charge in [0.1, 0.15) is 5.82 Å². The van der Waals surface area contributed by atoms with E-state index in [1.165, 1.54) is 6.07 Å². The van der Waals surface area contributed by atoms with Crippen LogP contribution in [0.5, 0.6) is 0 Å². The van der Waals surface area contributed by atoms with Crippen LogP contribution in [0.25, 0.3) is 0 Å². The number of anilines is 3. The predicted octanol–water partition coefficient (Wildman–Crippen LogP) is 1.50. The Kier molecular flexibility index (Phi) is 5.28. The van der Waals surface area contributed by atoms with Gasteiger partial charge in [0.25, 0.3) is 0 Å². The number of hydrogen-bond acceptors (Lipinski definition) is 7. The molecule has 0 atom stereocenters. The molecule has 122 valence electrons. The first-order valence-corrected chi connectivity index (χ1v) is 7.56. The first-order valence-electron chi connectivity index (χ1n) is 7.56. The van der Waals surface area contributed by atoms with E-state index in [-0.39, 0.29) is 11.8 Å². The molecule has 1 aliphatic rings. The standard InChI is InChI=1S/C15H19FN6O/c16-12-3-1-2-4-13(12)19-15-20-14(11-18-21-15)17-5-6-22-7-9-23-10-8-22/h1-4,11H,5-10H2,(H2,17,19,20,21). The van der Waals surface area contributed by atoms with Crippen molar-refractivity contribution in [3.05, 3.63) is 36.3 Å². The molecule has 0 saturated carbocycles. The number of benzene rings is 1. The lowest BCUT2D eigenvalue weighted by molar-refractivity contribution is 0.0398. The molecule has 2 N–H and O–H groups in total. The lowest BCUT2D eigenvalue weighted by atomic mass is 10.3. The molecule has 23 heavy (non-hydrogen) atoms. The zero-order valence-electron chi connectivity index (χ0n) is 12.7. The third-order valence-electron chi connectivity index (χ3n) is 3.52. The van der Waals surface area contributed by atoms with E-state index >= 15 is 0 Å². The maximum Gasteiger partial charge on any atom is 0.249 e. The topological polar surface area (TPSA) is 75.2 Å². The Bertz CT molecular complexity index is 635. The van der Waals surface area contributed by atoms with Crippen LogP contribution in [-0.4, -0.2) is 59.5 Å². The molecular weight excluding hydrogens is 299 g/mol.